The molecular formula is C16H27N5. The normalized spacial score (nSPS) is 12.7. The fraction of sp³-hybridized carbons (Fsp3) is 0.625. The van der Waals surface area contributed by atoms with E-state index < -0.39 is 0 Å². The minimum absolute atomic E-state index is 0.444. The van der Waals surface area contributed by atoms with Crippen molar-refractivity contribution in [3.8, 4) is 0 Å². The second kappa shape index (κ2) is 7.98. The van der Waals surface area contributed by atoms with Gasteiger partial charge < -0.3 is 9.88 Å². The molecule has 5 heteroatoms. The summed E-state index contributed by atoms with van der Waals surface area (Å²) in [5.41, 5.74) is 1.35. The van der Waals surface area contributed by atoms with Crippen LogP contribution in [0.5, 0.6) is 0 Å². The number of nitrogens with one attached hydrogen (secondary N) is 1. The zero-order valence-electron chi connectivity index (χ0n) is 13.4. The average molecular weight is 289 g/mol. The first kappa shape index (κ1) is 15.8. The molecule has 0 aliphatic heterocycles. The van der Waals surface area contributed by atoms with Crippen LogP contribution >= 0.6 is 0 Å². The molecule has 0 radical (unpaired) electrons. The van der Waals surface area contributed by atoms with Gasteiger partial charge in [-0.15, -0.1) is 0 Å². The van der Waals surface area contributed by atoms with Gasteiger partial charge in [-0.1, -0.05) is 20.8 Å². The van der Waals surface area contributed by atoms with Gasteiger partial charge in [-0.2, -0.15) is 5.10 Å². The van der Waals surface area contributed by atoms with Crippen LogP contribution in [0.2, 0.25) is 0 Å². The van der Waals surface area contributed by atoms with Crippen molar-refractivity contribution in [2.24, 2.45) is 0 Å². The summed E-state index contributed by atoms with van der Waals surface area (Å²) in [6, 6.07) is 2.65. The number of rotatable bonds is 9. The van der Waals surface area contributed by atoms with Crippen molar-refractivity contribution in [3.63, 3.8) is 0 Å². The number of hydrogen-bond donors (Lipinski definition) is 1. The van der Waals surface area contributed by atoms with E-state index in [1.165, 1.54) is 5.56 Å². The van der Waals surface area contributed by atoms with Gasteiger partial charge in [0, 0.05) is 25.0 Å². The van der Waals surface area contributed by atoms with E-state index in [-0.39, 0.29) is 0 Å². The third kappa shape index (κ3) is 4.17. The Kier molecular flexibility index (Phi) is 5.99. The van der Waals surface area contributed by atoms with Crippen LogP contribution in [-0.4, -0.2) is 25.9 Å². The zero-order chi connectivity index (χ0) is 15.1. The fourth-order valence-corrected chi connectivity index (χ4v) is 2.55. The van der Waals surface area contributed by atoms with Crippen LogP contribution in [0.3, 0.4) is 0 Å². The van der Waals surface area contributed by atoms with Gasteiger partial charge in [0.2, 0.25) is 0 Å². The van der Waals surface area contributed by atoms with Gasteiger partial charge in [0.05, 0.1) is 6.54 Å². The summed E-state index contributed by atoms with van der Waals surface area (Å²) in [6.07, 6.45) is 9.35. The van der Waals surface area contributed by atoms with Crippen LogP contribution < -0.4 is 5.32 Å². The molecule has 0 spiro atoms. The highest BCUT2D eigenvalue weighted by molar-refractivity contribution is 5.16. The minimum atomic E-state index is 0.444. The SMILES string of the molecule is CCCNC(CC)c1ccn(Cc2ncnn2CCC)c1. The molecule has 0 saturated heterocycles. The molecule has 1 N–H and O–H groups in total. The first-order valence-corrected chi connectivity index (χ1v) is 8.04. The average Bonchev–Trinajstić information content (AvgIpc) is 3.11. The Balaban J connectivity index is 2.03. The van der Waals surface area contributed by atoms with Gasteiger partial charge in [-0.25, -0.2) is 9.67 Å². The molecule has 0 amide bonds. The Morgan fingerprint density at radius 2 is 2.10 bits per heavy atom. The molecule has 5 nitrogen and oxygen atoms in total. The second-order valence-corrected chi connectivity index (χ2v) is 5.43. The van der Waals surface area contributed by atoms with E-state index in [0.29, 0.717) is 6.04 Å². The van der Waals surface area contributed by atoms with Crippen molar-refractivity contribution < 1.29 is 0 Å². The molecule has 2 aromatic rings. The molecule has 0 fully saturated rings. The molecule has 116 valence electrons. The quantitative estimate of drug-likeness (QED) is 0.772. The highest BCUT2D eigenvalue weighted by Gasteiger charge is 2.11. The van der Waals surface area contributed by atoms with E-state index in [9.17, 15) is 0 Å². The van der Waals surface area contributed by atoms with Gasteiger partial charge >= 0.3 is 0 Å². The predicted octanol–water partition coefficient (Wildman–Crippen LogP) is 2.99. The Bertz CT molecular complexity index is 528. The summed E-state index contributed by atoms with van der Waals surface area (Å²) >= 11 is 0. The van der Waals surface area contributed by atoms with Crippen molar-refractivity contribution in [1.29, 1.82) is 0 Å². The monoisotopic (exact) mass is 289 g/mol. The zero-order valence-corrected chi connectivity index (χ0v) is 13.4. The Labute approximate surface area is 127 Å². The van der Waals surface area contributed by atoms with E-state index in [4.69, 9.17) is 0 Å². The molecular weight excluding hydrogens is 262 g/mol. The van der Waals surface area contributed by atoms with Gasteiger partial charge in [0.15, 0.2) is 0 Å². The van der Waals surface area contributed by atoms with Crippen molar-refractivity contribution >= 4 is 0 Å². The molecule has 0 aliphatic carbocycles. The summed E-state index contributed by atoms with van der Waals surface area (Å²) < 4.78 is 4.19. The van der Waals surface area contributed by atoms with Crippen LogP contribution in [0.1, 0.15) is 57.5 Å². The van der Waals surface area contributed by atoms with Crippen LogP contribution in [0.25, 0.3) is 0 Å². The van der Waals surface area contributed by atoms with Gasteiger partial charge in [0.1, 0.15) is 12.2 Å². The van der Waals surface area contributed by atoms with Gasteiger partial charge in [0.25, 0.3) is 0 Å². The fourth-order valence-electron chi connectivity index (χ4n) is 2.55. The van der Waals surface area contributed by atoms with E-state index in [0.717, 1.165) is 44.7 Å². The standard InChI is InChI=1S/C16H27N5/c1-4-8-17-15(6-3)14-7-10-20(11-14)12-16-18-13-19-21(16)9-5-2/h7,10-11,13,15,17H,4-6,8-9,12H2,1-3H3. The van der Waals surface area contributed by atoms with Gasteiger partial charge in [-0.3, -0.25) is 0 Å². The number of aryl methyl sites for hydroxylation is 1. The molecule has 2 rings (SSSR count). The summed E-state index contributed by atoms with van der Waals surface area (Å²) in [5.74, 6) is 1.02. The first-order valence-electron chi connectivity index (χ1n) is 8.04. The van der Waals surface area contributed by atoms with Crippen LogP contribution in [0.15, 0.2) is 24.8 Å². The molecule has 2 heterocycles. The van der Waals surface area contributed by atoms with Crippen molar-refractivity contribution in [2.45, 2.75) is 59.2 Å². The van der Waals surface area contributed by atoms with Crippen molar-refractivity contribution in [3.05, 3.63) is 36.2 Å². The predicted molar refractivity (Wildman–Crippen MR) is 85.2 cm³/mol. The molecule has 1 unspecified atom stereocenters. The summed E-state index contributed by atoms with van der Waals surface area (Å²) in [5, 5.41) is 7.87. The summed E-state index contributed by atoms with van der Waals surface area (Å²) in [6.45, 7) is 9.36. The molecule has 0 aromatic carbocycles. The maximum Gasteiger partial charge on any atom is 0.146 e. The molecule has 0 bridgehead atoms. The minimum Gasteiger partial charge on any atom is -0.346 e. The number of aromatic nitrogens is 4. The Morgan fingerprint density at radius 3 is 2.81 bits per heavy atom. The van der Waals surface area contributed by atoms with Crippen LogP contribution in [0, 0.1) is 0 Å². The lowest BCUT2D eigenvalue weighted by molar-refractivity contribution is 0.516. The Hall–Kier alpha value is -1.62. The Morgan fingerprint density at radius 1 is 1.24 bits per heavy atom. The third-order valence-corrected chi connectivity index (χ3v) is 3.68. The van der Waals surface area contributed by atoms with Crippen molar-refractivity contribution in [1.82, 2.24) is 24.6 Å². The largest absolute Gasteiger partial charge is 0.346 e. The van der Waals surface area contributed by atoms with Gasteiger partial charge in [-0.05, 0) is 37.4 Å². The van der Waals surface area contributed by atoms with Crippen LogP contribution in [0.4, 0.5) is 0 Å². The highest BCUT2D eigenvalue weighted by atomic mass is 15.3. The number of hydrogen-bond acceptors (Lipinski definition) is 3. The van der Waals surface area contributed by atoms with Crippen molar-refractivity contribution in [2.75, 3.05) is 6.54 Å². The molecule has 21 heavy (non-hydrogen) atoms. The molecule has 2 aromatic heterocycles. The lowest BCUT2D eigenvalue weighted by Crippen LogP contribution is -2.21. The van der Waals surface area contributed by atoms with E-state index in [1.807, 2.05) is 4.68 Å². The topological polar surface area (TPSA) is 47.7 Å². The summed E-state index contributed by atoms with van der Waals surface area (Å²) in [7, 11) is 0. The van der Waals surface area contributed by atoms with E-state index >= 15 is 0 Å². The third-order valence-electron chi connectivity index (χ3n) is 3.68. The molecule has 1 atom stereocenters. The summed E-state index contributed by atoms with van der Waals surface area (Å²) in [4.78, 5) is 4.37. The number of nitrogens with zero attached hydrogens (tertiary/aromatic N) is 4. The highest BCUT2D eigenvalue weighted by Crippen LogP contribution is 2.17. The maximum atomic E-state index is 4.37. The lowest BCUT2D eigenvalue weighted by Gasteiger charge is -2.15. The first-order chi connectivity index (χ1) is 10.3. The van der Waals surface area contributed by atoms with E-state index in [1.54, 1.807) is 6.33 Å². The smallest absolute Gasteiger partial charge is 0.146 e. The maximum absolute atomic E-state index is 4.37. The molecule has 0 saturated carbocycles. The lowest BCUT2D eigenvalue weighted by atomic mass is 10.1. The van der Waals surface area contributed by atoms with E-state index in [2.05, 4.69) is 59.2 Å². The molecule has 0 aliphatic rings. The van der Waals surface area contributed by atoms with Crippen LogP contribution in [-0.2, 0) is 13.1 Å². The second-order valence-electron chi connectivity index (χ2n) is 5.43.